The van der Waals surface area contributed by atoms with Crippen molar-refractivity contribution < 1.29 is 26.3 Å². The van der Waals surface area contributed by atoms with Crippen LogP contribution >= 0.6 is 0 Å². The number of rotatable bonds is 4. The number of hydrogen-bond acceptors (Lipinski definition) is 4. The summed E-state index contributed by atoms with van der Waals surface area (Å²) in [6.07, 6.45) is 1.24. The highest BCUT2D eigenvalue weighted by Gasteiger charge is 2.46. The van der Waals surface area contributed by atoms with Crippen molar-refractivity contribution in [3.8, 4) is 16.9 Å². The predicted octanol–water partition coefficient (Wildman–Crippen LogP) is 4.17. The summed E-state index contributed by atoms with van der Waals surface area (Å²) in [5, 5.41) is 0.258. The number of ether oxygens (including phenoxy) is 1. The Morgan fingerprint density at radius 3 is 2.27 bits per heavy atom. The molecule has 26 heavy (non-hydrogen) atoms. The standard InChI is InChI=1S/C17H13F3N2O3S/c1-25-13-5-2-11(3-6-13)12-4-7-15-14(10-12)16(8-9-21-15)22-26(23,24)17(18,19)20/h2-10H,1H3,(H,21,22). The van der Waals surface area contributed by atoms with Gasteiger partial charge in [0, 0.05) is 11.6 Å². The lowest BCUT2D eigenvalue weighted by Gasteiger charge is -2.13. The highest BCUT2D eigenvalue weighted by atomic mass is 32.2. The first-order chi connectivity index (χ1) is 12.2. The van der Waals surface area contributed by atoms with Gasteiger partial charge in [0.1, 0.15) is 5.75 Å². The summed E-state index contributed by atoms with van der Waals surface area (Å²) < 4.78 is 67.5. The SMILES string of the molecule is COc1ccc(-c2ccc3nccc(NS(=O)(=O)C(F)(F)F)c3c2)cc1. The fourth-order valence-electron chi connectivity index (χ4n) is 2.40. The molecule has 3 aromatic rings. The molecule has 9 heteroatoms. The molecule has 3 rings (SSSR count). The van der Waals surface area contributed by atoms with E-state index >= 15 is 0 Å². The maximum atomic E-state index is 12.7. The number of fused-ring (bicyclic) bond motifs is 1. The third-order valence-electron chi connectivity index (χ3n) is 3.71. The minimum absolute atomic E-state index is 0.192. The number of nitrogens with one attached hydrogen (secondary N) is 1. The first-order valence-electron chi connectivity index (χ1n) is 7.33. The largest absolute Gasteiger partial charge is 0.516 e. The minimum atomic E-state index is -5.52. The van der Waals surface area contributed by atoms with Crippen molar-refractivity contribution >= 4 is 26.6 Å². The number of halogens is 3. The summed E-state index contributed by atoms with van der Waals surface area (Å²) in [6.45, 7) is 0. The third-order valence-corrected chi connectivity index (χ3v) is 4.81. The molecule has 0 fully saturated rings. The van der Waals surface area contributed by atoms with Gasteiger partial charge in [-0.2, -0.15) is 21.6 Å². The van der Waals surface area contributed by atoms with E-state index in [2.05, 4.69) is 4.98 Å². The zero-order valence-corrected chi connectivity index (χ0v) is 14.2. The van der Waals surface area contributed by atoms with Gasteiger partial charge in [-0.05, 0) is 41.5 Å². The van der Waals surface area contributed by atoms with Crippen LogP contribution < -0.4 is 9.46 Å². The Morgan fingerprint density at radius 1 is 1.00 bits per heavy atom. The van der Waals surface area contributed by atoms with Crippen molar-refractivity contribution in [3.63, 3.8) is 0 Å². The quantitative estimate of drug-likeness (QED) is 0.735. The molecule has 0 amide bonds. The van der Waals surface area contributed by atoms with Crippen molar-refractivity contribution in [2.45, 2.75) is 5.51 Å². The molecular formula is C17H13F3N2O3S. The van der Waals surface area contributed by atoms with Gasteiger partial charge in [0.2, 0.25) is 0 Å². The summed E-state index contributed by atoms with van der Waals surface area (Å²) in [4.78, 5) is 4.06. The van der Waals surface area contributed by atoms with Crippen molar-refractivity contribution in [3.05, 3.63) is 54.7 Å². The van der Waals surface area contributed by atoms with Gasteiger partial charge in [-0.1, -0.05) is 18.2 Å². The molecule has 0 unspecified atom stereocenters. The Kier molecular flexibility index (Phi) is 4.49. The Morgan fingerprint density at radius 2 is 1.65 bits per heavy atom. The zero-order valence-electron chi connectivity index (χ0n) is 13.4. The molecule has 1 N–H and O–H groups in total. The Bertz CT molecular complexity index is 1050. The summed E-state index contributed by atoms with van der Waals surface area (Å²) >= 11 is 0. The molecule has 0 saturated heterocycles. The van der Waals surface area contributed by atoms with Gasteiger partial charge in [-0.3, -0.25) is 9.71 Å². The lowest BCUT2D eigenvalue weighted by molar-refractivity contribution is -0.0429. The van der Waals surface area contributed by atoms with Crippen LogP contribution in [0.4, 0.5) is 18.9 Å². The van der Waals surface area contributed by atoms with Crippen LogP contribution in [0.5, 0.6) is 5.75 Å². The second-order valence-electron chi connectivity index (χ2n) is 5.37. The molecule has 5 nitrogen and oxygen atoms in total. The van der Waals surface area contributed by atoms with Crippen LogP contribution in [0.3, 0.4) is 0 Å². The lowest BCUT2D eigenvalue weighted by Crippen LogP contribution is -2.30. The number of nitrogens with zero attached hydrogens (tertiary/aromatic N) is 1. The van der Waals surface area contributed by atoms with E-state index in [9.17, 15) is 21.6 Å². The van der Waals surface area contributed by atoms with Crippen molar-refractivity contribution in [1.29, 1.82) is 0 Å². The molecule has 0 spiro atoms. The predicted molar refractivity (Wildman–Crippen MR) is 92.3 cm³/mol. The molecule has 0 saturated carbocycles. The Labute approximate surface area is 147 Å². The lowest BCUT2D eigenvalue weighted by atomic mass is 10.0. The highest BCUT2D eigenvalue weighted by molar-refractivity contribution is 7.93. The van der Waals surface area contributed by atoms with Gasteiger partial charge in [-0.15, -0.1) is 0 Å². The molecule has 0 aliphatic carbocycles. The van der Waals surface area contributed by atoms with Crippen molar-refractivity contribution in [2.75, 3.05) is 11.8 Å². The Balaban J connectivity index is 2.08. The van der Waals surface area contributed by atoms with Gasteiger partial charge in [0.15, 0.2) is 0 Å². The second kappa shape index (κ2) is 6.49. The van der Waals surface area contributed by atoms with Crippen molar-refractivity contribution in [2.24, 2.45) is 0 Å². The number of benzene rings is 2. The normalized spacial score (nSPS) is 12.2. The fourth-order valence-corrected chi connectivity index (χ4v) is 2.98. The number of anilines is 1. The topological polar surface area (TPSA) is 68.3 Å². The van der Waals surface area contributed by atoms with Gasteiger partial charge in [-0.25, -0.2) is 0 Å². The monoisotopic (exact) mass is 382 g/mol. The van der Waals surface area contributed by atoms with E-state index in [-0.39, 0.29) is 11.1 Å². The third kappa shape index (κ3) is 3.43. The van der Waals surface area contributed by atoms with Gasteiger partial charge in [0.05, 0.1) is 18.3 Å². The van der Waals surface area contributed by atoms with E-state index in [1.165, 1.54) is 19.4 Å². The van der Waals surface area contributed by atoms with E-state index < -0.39 is 15.5 Å². The van der Waals surface area contributed by atoms with Crippen LogP contribution in [0.1, 0.15) is 0 Å². The van der Waals surface area contributed by atoms with Gasteiger partial charge < -0.3 is 4.74 Å². The molecule has 136 valence electrons. The van der Waals surface area contributed by atoms with E-state index in [0.29, 0.717) is 16.8 Å². The first kappa shape index (κ1) is 18.0. The van der Waals surface area contributed by atoms with Crippen LogP contribution in [0, 0.1) is 0 Å². The van der Waals surface area contributed by atoms with Crippen LogP contribution in [-0.4, -0.2) is 26.0 Å². The molecule has 0 atom stereocenters. The van der Waals surface area contributed by atoms with Gasteiger partial charge in [0.25, 0.3) is 0 Å². The maximum absolute atomic E-state index is 12.7. The second-order valence-corrected chi connectivity index (χ2v) is 7.04. The summed E-state index contributed by atoms with van der Waals surface area (Å²) in [7, 11) is -3.99. The Hall–Kier alpha value is -2.81. The number of pyridine rings is 1. The highest BCUT2D eigenvalue weighted by Crippen LogP contribution is 2.32. The van der Waals surface area contributed by atoms with Crippen molar-refractivity contribution in [1.82, 2.24) is 4.98 Å². The molecule has 2 aromatic carbocycles. The number of sulfonamides is 1. The van der Waals surface area contributed by atoms with Gasteiger partial charge >= 0.3 is 15.5 Å². The zero-order chi connectivity index (χ0) is 18.9. The first-order valence-corrected chi connectivity index (χ1v) is 8.82. The number of aromatic nitrogens is 1. The number of methoxy groups -OCH3 is 1. The molecule has 0 radical (unpaired) electrons. The van der Waals surface area contributed by atoms with E-state index in [1.54, 1.807) is 47.2 Å². The van der Waals surface area contributed by atoms with Crippen LogP contribution in [-0.2, 0) is 10.0 Å². The van der Waals surface area contributed by atoms with E-state index in [4.69, 9.17) is 4.74 Å². The summed E-state index contributed by atoms with van der Waals surface area (Å²) in [6, 6.07) is 13.2. The van der Waals surface area contributed by atoms with Crippen LogP contribution in [0.2, 0.25) is 0 Å². The number of alkyl halides is 3. The average molecular weight is 382 g/mol. The van der Waals surface area contributed by atoms with E-state index in [1.807, 2.05) is 0 Å². The molecule has 1 aromatic heterocycles. The minimum Gasteiger partial charge on any atom is -0.497 e. The molecule has 0 aliphatic rings. The molecule has 1 heterocycles. The van der Waals surface area contributed by atoms with Crippen LogP contribution in [0.25, 0.3) is 22.0 Å². The smallest absolute Gasteiger partial charge is 0.497 e. The number of hydrogen-bond donors (Lipinski definition) is 1. The van der Waals surface area contributed by atoms with E-state index in [0.717, 1.165) is 5.56 Å². The maximum Gasteiger partial charge on any atom is 0.516 e. The average Bonchev–Trinajstić information content (AvgIpc) is 2.60. The summed E-state index contributed by atoms with van der Waals surface area (Å²) in [5.74, 6) is 0.662. The molecular weight excluding hydrogens is 369 g/mol. The fraction of sp³-hybridized carbons (Fsp3) is 0.118. The molecule has 0 bridgehead atoms. The van der Waals surface area contributed by atoms with Crippen LogP contribution in [0.15, 0.2) is 54.7 Å². The molecule has 0 aliphatic heterocycles. The summed E-state index contributed by atoms with van der Waals surface area (Å²) in [5.41, 5.74) is -3.75.